The molecule has 1 aromatic carbocycles. The van der Waals surface area contributed by atoms with E-state index >= 15 is 0 Å². The zero-order chi connectivity index (χ0) is 17.4. The predicted molar refractivity (Wildman–Crippen MR) is 92.3 cm³/mol. The molecule has 2 fully saturated rings. The van der Waals surface area contributed by atoms with E-state index in [1.807, 2.05) is 17.0 Å². The number of amides is 3. The van der Waals surface area contributed by atoms with Crippen molar-refractivity contribution in [3.63, 3.8) is 0 Å². The zero-order valence-corrected chi connectivity index (χ0v) is 14.4. The summed E-state index contributed by atoms with van der Waals surface area (Å²) in [4.78, 5) is 40.7. The van der Waals surface area contributed by atoms with E-state index in [-0.39, 0.29) is 42.5 Å². The topological polar surface area (TPSA) is 57.7 Å². The maximum absolute atomic E-state index is 12.6. The molecule has 5 nitrogen and oxygen atoms in total. The summed E-state index contributed by atoms with van der Waals surface area (Å²) in [5, 5.41) is 0. The van der Waals surface area contributed by atoms with Crippen LogP contribution in [0.15, 0.2) is 24.3 Å². The summed E-state index contributed by atoms with van der Waals surface area (Å²) >= 11 is 0. The minimum atomic E-state index is -0.127. The van der Waals surface area contributed by atoms with Gasteiger partial charge >= 0.3 is 0 Å². The van der Waals surface area contributed by atoms with Crippen LogP contribution in [0.3, 0.4) is 0 Å². The number of carbonyl (C=O) groups is 3. The summed E-state index contributed by atoms with van der Waals surface area (Å²) in [6.07, 6.45) is 4.80. The Hall–Kier alpha value is -2.17. The van der Waals surface area contributed by atoms with Crippen molar-refractivity contribution >= 4 is 17.7 Å². The fraction of sp³-hybridized carbons (Fsp3) is 0.550. The summed E-state index contributed by atoms with van der Waals surface area (Å²) in [6, 6.07) is 8.20. The fourth-order valence-electron chi connectivity index (χ4n) is 4.53. The summed E-state index contributed by atoms with van der Waals surface area (Å²) in [7, 11) is 0. The van der Waals surface area contributed by atoms with Gasteiger partial charge in [-0.15, -0.1) is 0 Å². The molecule has 1 saturated heterocycles. The molecule has 2 aliphatic heterocycles. The Kier molecular flexibility index (Phi) is 4.32. The summed E-state index contributed by atoms with van der Waals surface area (Å²) in [5.41, 5.74) is 2.50. The molecule has 0 aromatic heterocycles. The van der Waals surface area contributed by atoms with Crippen molar-refractivity contribution < 1.29 is 14.4 Å². The van der Waals surface area contributed by atoms with E-state index in [0.717, 1.165) is 32.1 Å². The first-order chi connectivity index (χ1) is 12.1. The van der Waals surface area contributed by atoms with E-state index < -0.39 is 0 Å². The van der Waals surface area contributed by atoms with Crippen LogP contribution in [-0.2, 0) is 27.3 Å². The Bertz CT molecular complexity index is 691. The van der Waals surface area contributed by atoms with Gasteiger partial charge in [-0.05, 0) is 30.4 Å². The van der Waals surface area contributed by atoms with Gasteiger partial charge in [0.25, 0.3) is 0 Å². The van der Waals surface area contributed by atoms with Gasteiger partial charge in [0.15, 0.2) is 0 Å². The largest absolute Gasteiger partial charge is 0.338 e. The first-order valence-electron chi connectivity index (χ1n) is 9.35. The third kappa shape index (κ3) is 2.96. The zero-order valence-electron chi connectivity index (χ0n) is 14.4. The molecular weight excluding hydrogens is 316 g/mol. The Morgan fingerprint density at radius 1 is 1.00 bits per heavy atom. The third-order valence-corrected chi connectivity index (χ3v) is 5.97. The minimum absolute atomic E-state index is 0.0324. The molecule has 1 aromatic rings. The highest BCUT2D eigenvalue weighted by Crippen LogP contribution is 2.38. The lowest BCUT2D eigenvalue weighted by Crippen LogP contribution is -2.39. The predicted octanol–water partition coefficient (Wildman–Crippen LogP) is 2.14. The lowest BCUT2D eigenvalue weighted by atomic mass is 9.81. The van der Waals surface area contributed by atoms with E-state index in [0.29, 0.717) is 13.1 Å². The van der Waals surface area contributed by atoms with Crippen molar-refractivity contribution in [2.75, 3.05) is 13.1 Å². The van der Waals surface area contributed by atoms with Crippen LogP contribution < -0.4 is 0 Å². The molecule has 4 rings (SSSR count). The highest BCUT2D eigenvalue weighted by molar-refractivity contribution is 6.05. The highest BCUT2D eigenvalue weighted by Gasteiger charge is 2.47. The van der Waals surface area contributed by atoms with E-state index in [9.17, 15) is 14.4 Å². The van der Waals surface area contributed by atoms with Crippen molar-refractivity contribution in [1.29, 1.82) is 0 Å². The normalized spacial score (nSPS) is 25.8. The maximum atomic E-state index is 12.6. The van der Waals surface area contributed by atoms with Crippen molar-refractivity contribution in [1.82, 2.24) is 9.80 Å². The number of benzene rings is 1. The molecule has 132 valence electrons. The van der Waals surface area contributed by atoms with Crippen LogP contribution in [0.5, 0.6) is 0 Å². The summed E-state index contributed by atoms with van der Waals surface area (Å²) < 4.78 is 0. The molecule has 0 N–H and O–H groups in total. The molecular formula is C20H24N2O3. The maximum Gasteiger partial charge on any atom is 0.233 e. The Balaban J connectivity index is 1.36. The number of likely N-dealkylation sites (tertiary alicyclic amines) is 1. The number of rotatable bonds is 3. The van der Waals surface area contributed by atoms with Gasteiger partial charge in [0, 0.05) is 26.1 Å². The smallest absolute Gasteiger partial charge is 0.233 e. The Labute approximate surface area is 148 Å². The van der Waals surface area contributed by atoms with Gasteiger partial charge in [-0.1, -0.05) is 37.1 Å². The lowest BCUT2D eigenvalue weighted by molar-refractivity contribution is -0.141. The number of hydrogen-bond acceptors (Lipinski definition) is 3. The van der Waals surface area contributed by atoms with Gasteiger partial charge in [-0.25, -0.2) is 0 Å². The van der Waals surface area contributed by atoms with Gasteiger partial charge < -0.3 is 4.90 Å². The molecule has 1 saturated carbocycles. The standard InChI is InChI=1S/C20H24N2O3/c23-18(21-11-9-14-5-1-2-6-15(14)13-21)10-12-22-19(24)16-7-3-4-8-17(16)20(22)25/h1-2,5-6,16-17H,3-4,7-13H2/t16-,17+. The first kappa shape index (κ1) is 16.3. The average Bonchev–Trinajstić information content (AvgIpc) is 2.90. The van der Waals surface area contributed by atoms with Crippen LogP contribution in [0.1, 0.15) is 43.2 Å². The number of hydrogen-bond donors (Lipinski definition) is 0. The van der Waals surface area contributed by atoms with E-state index in [1.165, 1.54) is 16.0 Å². The second-order valence-electron chi connectivity index (χ2n) is 7.41. The van der Waals surface area contributed by atoms with E-state index in [4.69, 9.17) is 0 Å². The molecule has 0 radical (unpaired) electrons. The highest BCUT2D eigenvalue weighted by atomic mass is 16.2. The third-order valence-electron chi connectivity index (χ3n) is 5.97. The Morgan fingerprint density at radius 3 is 2.32 bits per heavy atom. The summed E-state index contributed by atoms with van der Waals surface area (Å²) in [6.45, 7) is 1.58. The van der Waals surface area contributed by atoms with Crippen LogP contribution in [-0.4, -0.2) is 40.6 Å². The van der Waals surface area contributed by atoms with Gasteiger partial charge in [-0.2, -0.15) is 0 Å². The molecule has 0 unspecified atom stereocenters. The van der Waals surface area contributed by atoms with Crippen LogP contribution in [0.4, 0.5) is 0 Å². The minimum Gasteiger partial charge on any atom is -0.338 e. The van der Waals surface area contributed by atoms with Gasteiger partial charge in [0.1, 0.15) is 0 Å². The van der Waals surface area contributed by atoms with Gasteiger partial charge in [-0.3, -0.25) is 19.3 Å². The molecule has 0 spiro atoms. The molecule has 0 bridgehead atoms. The molecule has 25 heavy (non-hydrogen) atoms. The molecule has 1 aliphatic carbocycles. The lowest BCUT2D eigenvalue weighted by Gasteiger charge is -2.29. The number of imide groups is 1. The Morgan fingerprint density at radius 2 is 1.64 bits per heavy atom. The second kappa shape index (κ2) is 6.62. The first-order valence-corrected chi connectivity index (χ1v) is 9.35. The van der Waals surface area contributed by atoms with Crippen LogP contribution in [0.25, 0.3) is 0 Å². The quantitative estimate of drug-likeness (QED) is 0.792. The average molecular weight is 340 g/mol. The SMILES string of the molecule is O=C(CCN1C(=O)[C@H]2CCCC[C@H]2C1=O)N1CCc2ccccc2C1. The van der Waals surface area contributed by atoms with Crippen molar-refractivity contribution in [2.24, 2.45) is 11.8 Å². The number of fused-ring (bicyclic) bond motifs is 2. The summed E-state index contributed by atoms with van der Waals surface area (Å²) in [5.74, 6) is -0.320. The fourth-order valence-corrected chi connectivity index (χ4v) is 4.53. The van der Waals surface area contributed by atoms with Gasteiger partial charge in [0.05, 0.1) is 11.8 Å². The molecule has 3 aliphatic rings. The van der Waals surface area contributed by atoms with E-state index in [1.54, 1.807) is 0 Å². The van der Waals surface area contributed by atoms with Crippen LogP contribution >= 0.6 is 0 Å². The molecule has 3 amide bonds. The molecule has 2 atom stereocenters. The van der Waals surface area contributed by atoms with Crippen LogP contribution in [0.2, 0.25) is 0 Å². The van der Waals surface area contributed by atoms with E-state index in [2.05, 4.69) is 12.1 Å². The monoisotopic (exact) mass is 340 g/mol. The van der Waals surface area contributed by atoms with Gasteiger partial charge in [0.2, 0.25) is 17.7 Å². The van der Waals surface area contributed by atoms with Crippen molar-refractivity contribution in [2.45, 2.75) is 45.1 Å². The van der Waals surface area contributed by atoms with Crippen molar-refractivity contribution in [3.05, 3.63) is 35.4 Å². The number of nitrogens with zero attached hydrogens (tertiary/aromatic N) is 2. The number of carbonyl (C=O) groups excluding carboxylic acids is 3. The molecule has 2 heterocycles. The van der Waals surface area contributed by atoms with Crippen molar-refractivity contribution in [3.8, 4) is 0 Å². The van der Waals surface area contributed by atoms with Crippen LogP contribution in [0, 0.1) is 11.8 Å². The second-order valence-corrected chi connectivity index (χ2v) is 7.41. The molecule has 5 heteroatoms.